The summed E-state index contributed by atoms with van der Waals surface area (Å²) in [5.41, 5.74) is 14.1. The molecule has 0 saturated carbocycles. The molecule has 0 atom stereocenters. The van der Waals surface area contributed by atoms with Gasteiger partial charge < -0.3 is 0 Å². The minimum Gasteiger partial charge on any atom is -0.192 e. The fraction of sp³-hybridized carbons (Fsp3) is 0.500. The Kier molecular flexibility index (Phi) is 34.3. The molecule has 3 aromatic carbocycles. The first kappa shape index (κ1) is 55.7. The van der Waals surface area contributed by atoms with Gasteiger partial charge in [-0.25, -0.2) is 0 Å². The maximum atomic E-state index is 9.08. The van der Waals surface area contributed by atoms with Crippen LogP contribution in [0.5, 0.6) is 0 Å². The molecule has 0 heterocycles. The van der Waals surface area contributed by atoms with Crippen molar-refractivity contribution in [3.8, 4) is 12.1 Å². The number of benzene rings is 3. The van der Waals surface area contributed by atoms with Gasteiger partial charge in [-0.15, -0.1) is 0 Å². The van der Waals surface area contributed by atoms with Crippen LogP contribution in [0.25, 0.3) is 11.6 Å². The molecule has 318 valence electrons. The van der Waals surface area contributed by atoms with Crippen LogP contribution in [0.15, 0.2) is 85.5 Å². The molecule has 0 aromatic heterocycles. The monoisotopic (exact) mass is 785 g/mol. The van der Waals surface area contributed by atoms with Gasteiger partial charge in [0.25, 0.3) is 0 Å². The molecule has 3 aromatic rings. The van der Waals surface area contributed by atoms with E-state index in [1.54, 1.807) is 6.07 Å². The van der Waals surface area contributed by atoms with E-state index < -0.39 is 0 Å². The van der Waals surface area contributed by atoms with Gasteiger partial charge in [-0.3, -0.25) is 0 Å². The summed E-state index contributed by atoms with van der Waals surface area (Å²) in [5, 5.41) is 18.2. The number of hydrogen-bond acceptors (Lipinski definition) is 2. The summed E-state index contributed by atoms with van der Waals surface area (Å²) in [6, 6.07) is 20.8. The van der Waals surface area contributed by atoms with Crippen LogP contribution in [0.4, 0.5) is 0 Å². The Morgan fingerprint density at radius 3 is 1.90 bits per heavy atom. The SMILES string of the molecule is C=C1CCC/C=C\C=C/1c1cccc(CCCCC)c1C.C=Cc1cc(C)c(CC)cc1CCc1cc(C#N)cc(C#N)c1.CC.CC.CC.CCCC(C)CCC. The summed E-state index contributed by atoms with van der Waals surface area (Å²) >= 11 is 0. The minimum atomic E-state index is 0.543. The van der Waals surface area contributed by atoms with E-state index in [1.807, 2.05) is 59.8 Å². The Morgan fingerprint density at radius 2 is 1.36 bits per heavy atom. The van der Waals surface area contributed by atoms with Crippen LogP contribution in [-0.2, 0) is 25.7 Å². The topological polar surface area (TPSA) is 47.6 Å². The summed E-state index contributed by atoms with van der Waals surface area (Å²) in [4.78, 5) is 0. The molecule has 1 aliphatic rings. The third-order valence-electron chi connectivity index (χ3n) is 10.1. The van der Waals surface area contributed by atoms with Crippen molar-refractivity contribution < 1.29 is 0 Å². The quantitative estimate of drug-likeness (QED) is 0.153. The Morgan fingerprint density at radius 1 is 0.741 bits per heavy atom. The van der Waals surface area contributed by atoms with Crippen molar-refractivity contribution in [2.75, 3.05) is 0 Å². The lowest BCUT2D eigenvalue weighted by Crippen LogP contribution is -1.99. The van der Waals surface area contributed by atoms with Crippen molar-refractivity contribution in [1.29, 1.82) is 10.5 Å². The number of allylic oxidation sites excluding steroid dienone is 5. The molecule has 0 bridgehead atoms. The Bertz CT molecular complexity index is 1680. The molecule has 0 aliphatic heterocycles. The molecule has 0 unspecified atom stereocenters. The minimum absolute atomic E-state index is 0.543. The maximum Gasteiger partial charge on any atom is 0.0992 e. The van der Waals surface area contributed by atoms with E-state index >= 15 is 0 Å². The van der Waals surface area contributed by atoms with Gasteiger partial charge in [-0.2, -0.15) is 10.5 Å². The second-order valence-corrected chi connectivity index (χ2v) is 14.4. The summed E-state index contributed by atoms with van der Waals surface area (Å²) in [7, 11) is 0. The molecule has 0 radical (unpaired) electrons. The fourth-order valence-corrected chi connectivity index (χ4v) is 7.03. The molecule has 0 saturated heterocycles. The lowest BCUT2D eigenvalue weighted by Gasteiger charge is -2.17. The Hall–Kier alpha value is -4.40. The smallest absolute Gasteiger partial charge is 0.0992 e. The highest BCUT2D eigenvalue weighted by molar-refractivity contribution is 5.81. The molecular formula is C56H84N2. The molecule has 0 N–H and O–H groups in total. The van der Waals surface area contributed by atoms with Crippen LogP contribution in [0.2, 0.25) is 0 Å². The first-order valence-electron chi connectivity index (χ1n) is 23.0. The van der Waals surface area contributed by atoms with E-state index in [2.05, 4.69) is 122 Å². The number of aryl methyl sites for hydroxylation is 5. The van der Waals surface area contributed by atoms with Crippen LogP contribution in [-0.4, -0.2) is 0 Å². The Labute approximate surface area is 359 Å². The molecular weight excluding hydrogens is 701 g/mol. The van der Waals surface area contributed by atoms with Crippen molar-refractivity contribution in [2.45, 2.75) is 180 Å². The van der Waals surface area contributed by atoms with Gasteiger partial charge in [0, 0.05) is 0 Å². The zero-order chi connectivity index (χ0) is 44.3. The third kappa shape index (κ3) is 21.4. The normalized spacial score (nSPS) is 12.8. The van der Waals surface area contributed by atoms with Crippen LogP contribution >= 0.6 is 0 Å². The van der Waals surface area contributed by atoms with Gasteiger partial charge in [0.15, 0.2) is 0 Å². The number of nitrogens with zero attached hydrogens (tertiary/aromatic N) is 2. The highest BCUT2D eigenvalue weighted by Gasteiger charge is 2.12. The van der Waals surface area contributed by atoms with Crippen LogP contribution in [0, 0.1) is 42.4 Å². The van der Waals surface area contributed by atoms with E-state index in [1.165, 1.54) is 109 Å². The number of unbranched alkanes of at least 4 members (excludes halogenated alkanes) is 2. The predicted octanol–water partition coefficient (Wildman–Crippen LogP) is 17.4. The Balaban J connectivity index is 0. The second-order valence-electron chi connectivity index (χ2n) is 14.4. The predicted molar refractivity (Wildman–Crippen MR) is 261 cm³/mol. The van der Waals surface area contributed by atoms with Crippen molar-refractivity contribution in [2.24, 2.45) is 5.92 Å². The summed E-state index contributed by atoms with van der Waals surface area (Å²) < 4.78 is 0. The zero-order valence-corrected chi connectivity index (χ0v) is 39.7. The van der Waals surface area contributed by atoms with Crippen molar-refractivity contribution in [1.82, 2.24) is 0 Å². The summed E-state index contributed by atoms with van der Waals surface area (Å²) in [6.07, 6.45) is 25.4. The zero-order valence-electron chi connectivity index (χ0n) is 39.7. The molecule has 2 heteroatoms. The lowest BCUT2D eigenvalue weighted by atomic mass is 9.88. The number of nitriles is 2. The van der Waals surface area contributed by atoms with Gasteiger partial charge in [0.2, 0.25) is 0 Å². The van der Waals surface area contributed by atoms with Gasteiger partial charge in [0.1, 0.15) is 0 Å². The standard InChI is InChI=1S/C21H20N2.C21H28.C8H18.3C2H6/c1-4-19-12-21(20(5-2)8-15(19)3)7-6-16-9-17(13-22)11-18(10-16)14-23;1-4-5-8-13-19-14-11-16-21(18(19)3)20-15-10-7-6-9-12-17(20)2;1-4-6-8(3)7-5-2;3*1-2/h5,8-12H,2,4,6-7H2,1,3H3;7,10-11,14-16H,2,4-6,8-9,12-13H2,1,3H3;8H,4-7H2,1-3H3;3*1-2H3/b;10-7-,20-15+;;;;. The van der Waals surface area contributed by atoms with E-state index in [4.69, 9.17) is 10.5 Å². The third-order valence-corrected chi connectivity index (χ3v) is 10.1. The first-order chi connectivity index (χ1) is 28.1. The average molecular weight is 785 g/mol. The highest BCUT2D eigenvalue weighted by atomic mass is 14.3. The van der Waals surface area contributed by atoms with Crippen LogP contribution < -0.4 is 0 Å². The van der Waals surface area contributed by atoms with E-state index in [9.17, 15) is 0 Å². The van der Waals surface area contributed by atoms with Crippen molar-refractivity contribution in [3.05, 3.63) is 141 Å². The lowest BCUT2D eigenvalue weighted by molar-refractivity contribution is 0.480. The van der Waals surface area contributed by atoms with Gasteiger partial charge in [-0.05, 0) is 145 Å². The molecule has 58 heavy (non-hydrogen) atoms. The number of rotatable bonds is 14. The van der Waals surface area contributed by atoms with E-state index in [0.717, 1.165) is 42.7 Å². The van der Waals surface area contributed by atoms with Crippen LogP contribution in [0.3, 0.4) is 0 Å². The first-order valence-corrected chi connectivity index (χ1v) is 23.0. The van der Waals surface area contributed by atoms with Gasteiger partial charge >= 0.3 is 0 Å². The molecule has 4 rings (SSSR count). The van der Waals surface area contributed by atoms with Crippen molar-refractivity contribution >= 4 is 11.6 Å². The fourth-order valence-electron chi connectivity index (χ4n) is 7.03. The average Bonchev–Trinajstić information content (AvgIpc) is 3.25. The van der Waals surface area contributed by atoms with E-state index in [0.29, 0.717) is 11.1 Å². The molecule has 0 fully saturated rings. The molecule has 2 nitrogen and oxygen atoms in total. The highest BCUT2D eigenvalue weighted by Crippen LogP contribution is 2.31. The van der Waals surface area contributed by atoms with Gasteiger partial charge in [-0.1, -0.05) is 182 Å². The molecule has 1 aliphatic carbocycles. The number of hydrogen-bond donors (Lipinski definition) is 0. The second kappa shape index (κ2) is 35.7. The van der Waals surface area contributed by atoms with Gasteiger partial charge in [0.05, 0.1) is 23.3 Å². The largest absolute Gasteiger partial charge is 0.192 e. The molecule has 0 amide bonds. The summed E-state index contributed by atoms with van der Waals surface area (Å²) in [6.45, 7) is 35.9. The van der Waals surface area contributed by atoms with Crippen molar-refractivity contribution in [3.63, 3.8) is 0 Å². The van der Waals surface area contributed by atoms with Crippen LogP contribution in [0.1, 0.15) is 196 Å². The molecule has 0 spiro atoms. The van der Waals surface area contributed by atoms with E-state index in [-0.39, 0.29) is 0 Å². The summed E-state index contributed by atoms with van der Waals surface area (Å²) in [5.74, 6) is 0.963. The maximum absolute atomic E-state index is 9.08.